The zero-order valence-corrected chi connectivity index (χ0v) is 18.1. The molecule has 2 amide bonds. The monoisotopic (exact) mass is 469 g/mol. The van der Waals surface area contributed by atoms with E-state index in [1.54, 1.807) is 0 Å². The zero-order chi connectivity index (χ0) is 23.5. The Morgan fingerprint density at radius 2 is 1.59 bits per heavy atom. The first-order chi connectivity index (χ1) is 15.1. The average molecular weight is 469 g/mol. The molecule has 172 valence electrons. The molecule has 32 heavy (non-hydrogen) atoms. The van der Waals surface area contributed by atoms with E-state index in [0.29, 0.717) is 19.2 Å². The van der Waals surface area contributed by atoms with Gasteiger partial charge >= 0.3 is 0 Å². The number of benzene rings is 2. The number of carbonyl (C=O) groups is 2. The van der Waals surface area contributed by atoms with Crippen molar-refractivity contribution in [3.63, 3.8) is 0 Å². The van der Waals surface area contributed by atoms with Crippen LogP contribution in [-0.2, 0) is 14.8 Å². The van der Waals surface area contributed by atoms with E-state index in [-0.39, 0.29) is 10.5 Å². The van der Waals surface area contributed by atoms with Crippen LogP contribution < -0.4 is 5.32 Å². The molecular formula is C21H22F3N3O4S. The lowest BCUT2D eigenvalue weighted by molar-refractivity contribution is -0.116. The maximum Gasteiger partial charge on any atom is 0.254 e. The summed E-state index contributed by atoms with van der Waals surface area (Å²) < 4.78 is 66.8. The predicted octanol–water partition coefficient (Wildman–Crippen LogP) is 2.99. The number of likely N-dealkylation sites (N-methyl/N-ethyl adjacent to an activating group) is 1. The first-order valence-electron chi connectivity index (χ1n) is 9.90. The quantitative estimate of drug-likeness (QED) is 0.659. The van der Waals surface area contributed by atoms with Gasteiger partial charge in [0.1, 0.15) is 0 Å². The van der Waals surface area contributed by atoms with Gasteiger partial charge in [-0.25, -0.2) is 21.6 Å². The van der Waals surface area contributed by atoms with E-state index in [1.807, 2.05) is 0 Å². The Morgan fingerprint density at radius 1 is 0.969 bits per heavy atom. The first-order valence-corrected chi connectivity index (χ1v) is 11.3. The minimum Gasteiger partial charge on any atom is -0.332 e. The Bertz CT molecular complexity index is 1120. The molecule has 2 aromatic carbocycles. The number of piperidine rings is 1. The van der Waals surface area contributed by atoms with Gasteiger partial charge in [0.25, 0.3) is 5.91 Å². The maximum absolute atomic E-state index is 13.7. The molecule has 0 bridgehead atoms. The molecular weight excluding hydrogens is 447 g/mol. The van der Waals surface area contributed by atoms with E-state index < -0.39 is 51.5 Å². The fraction of sp³-hybridized carbons (Fsp3) is 0.333. The van der Waals surface area contributed by atoms with Gasteiger partial charge in [-0.05, 0) is 49.2 Å². The summed E-state index contributed by atoms with van der Waals surface area (Å²) in [6.07, 6.45) is 2.59. The summed E-state index contributed by atoms with van der Waals surface area (Å²) in [5, 5.41) is 2.08. The van der Waals surface area contributed by atoms with Gasteiger partial charge in [0.05, 0.1) is 17.1 Å². The van der Waals surface area contributed by atoms with Crippen LogP contribution in [0, 0.1) is 17.5 Å². The molecule has 0 spiro atoms. The van der Waals surface area contributed by atoms with E-state index in [1.165, 1.54) is 35.6 Å². The number of anilines is 1. The largest absolute Gasteiger partial charge is 0.332 e. The van der Waals surface area contributed by atoms with Crippen molar-refractivity contribution in [1.29, 1.82) is 0 Å². The summed E-state index contributed by atoms with van der Waals surface area (Å²) in [5.74, 6) is -6.05. The lowest BCUT2D eigenvalue weighted by atomic mass is 10.2. The smallest absolute Gasteiger partial charge is 0.254 e. The standard InChI is InChI=1S/C21H22F3N3O4S/c1-26(13-18(28)25-17-10-9-16(22)19(23)20(17)24)21(29)14-5-7-15(8-6-14)32(30,31)27-11-3-2-4-12-27/h5-10H,2-4,11-13H2,1H3,(H,25,28). The van der Waals surface area contributed by atoms with Gasteiger partial charge in [-0.1, -0.05) is 6.42 Å². The van der Waals surface area contributed by atoms with Crippen LogP contribution >= 0.6 is 0 Å². The van der Waals surface area contributed by atoms with Gasteiger partial charge in [0, 0.05) is 25.7 Å². The van der Waals surface area contributed by atoms with Crippen LogP contribution in [0.25, 0.3) is 0 Å². The van der Waals surface area contributed by atoms with E-state index in [2.05, 4.69) is 5.32 Å². The van der Waals surface area contributed by atoms with Crippen LogP contribution in [0.2, 0.25) is 0 Å². The number of sulfonamides is 1. The Kier molecular flexibility index (Phi) is 7.19. The SMILES string of the molecule is CN(CC(=O)Nc1ccc(F)c(F)c1F)C(=O)c1ccc(S(=O)(=O)N2CCCCC2)cc1. The van der Waals surface area contributed by atoms with Crippen molar-refractivity contribution in [3.05, 3.63) is 59.4 Å². The van der Waals surface area contributed by atoms with Crippen molar-refractivity contribution in [2.45, 2.75) is 24.2 Å². The van der Waals surface area contributed by atoms with E-state index in [4.69, 9.17) is 0 Å². The van der Waals surface area contributed by atoms with E-state index >= 15 is 0 Å². The molecule has 0 saturated carbocycles. The van der Waals surface area contributed by atoms with Crippen LogP contribution in [-0.4, -0.2) is 56.1 Å². The van der Waals surface area contributed by atoms with E-state index in [0.717, 1.165) is 30.2 Å². The van der Waals surface area contributed by atoms with Crippen LogP contribution in [0.1, 0.15) is 29.6 Å². The summed E-state index contributed by atoms with van der Waals surface area (Å²) in [6, 6.07) is 6.91. The number of rotatable bonds is 6. The molecule has 1 fully saturated rings. The number of hydrogen-bond donors (Lipinski definition) is 1. The molecule has 0 aliphatic carbocycles. The van der Waals surface area contributed by atoms with E-state index in [9.17, 15) is 31.2 Å². The fourth-order valence-electron chi connectivity index (χ4n) is 3.34. The third-order valence-corrected chi connectivity index (χ3v) is 7.00. The van der Waals surface area contributed by atoms with Crippen molar-refractivity contribution >= 4 is 27.5 Å². The molecule has 11 heteroatoms. The highest BCUT2D eigenvalue weighted by Crippen LogP contribution is 2.22. The third kappa shape index (κ3) is 5.10. The Balaban J connectivity index is 1.64. The molecule has 2 aromatic rings. The van der Waals surface area contributed by atoms with Crippen molar-refractivity contribution in [1.82, 2.24) is 9.21 Å². The summed E-state index contributed by atoms with van der Waals surface area (Å²) in [6.45, 7) is 0.421. The minimum atomic E-state index is -3.64. The second-order valence-corrected chi connectivity index (χ2v) is 9.36. The molecule has 0 atom stereocenters. The highest BCUT2D eigenvalue weighted by Gasteiger charge is 2.26. The lowest BCUT2D eigenvalue weighted by Gasteiger charge is -2.26. The number of nitrogens with zero attached hydrogens (tertiary/aromatic N) is 2. The highest BCUT2D eigenvalue weighted by atomic mass is 32.2. The van der Waals surface area contributed by atoms with Crippen LogP contribution in [0.15, 0.2) is 41.3 Å². The van der Waals surface area contributed by atoms with Gasteiger partial charge in [0.15, 0.2) is 17.5 Å². The van der Waals surface area contributed by atoms with Crippen LogP contribution in [0.4, 0.5) is 18.9 Å². The molecule has 1 aliphatic heterocycles. The van der Waals surface area contributed by atoms with Gasteiger partial charge in [-0.15, -0.1) is 0 Å². The second kappa shape index (κ2) is 9.70. The molecule has 0 aromatic heterocycles. The average Bonchev–Trinajstić information content (AvgIpc) is 2.79. The number of nitrogens with one attached hydrogen (secondary N) is 1. The predicted molar refractivity (Wildman–Crippen MR) is 111 cm³/mol. The van der Waals surface area contributed by atoms with Gasteiger partial charge in [-0.3, -0.25) is 9.59 Å². The number of hydrogen-bond acceptors (Lipinski definition) is 4. The van der Waals surface area contributed by atoms with Crippen molar-refractivity contribution in [2.24, 2.45) is 0 Å². The molecule has 1 aliphatic rings. The molecule has 0 radical (unpaired) electrons. The Morgan fingerprint density at radius 3 is 2.22 bits per heavy atom. The summed E-state index contributed by atoms with van der Waals surface area (Å²) in [7, 11) is -2.32. The fourth-order valence-corrected chi connectivity index (χ4v) is 4.86. The molecule has 1 heterocycles. The molecule has 7 nitrogen and oxygen atoms in total. The van der Waals surface area contributed by atoms with Crippen LogP contribution in [0.5, 0.6) is 0 Å². The summed E-state index contributed by atoms with van der Waals surface area (Å²) >= 11 is 0. The first kappa shape index (κ1) is 23.7. The van der Waals surface area contributed by atoms with Gasteiger partial charge < -0.3 is 10.2 Å². The topological polar surface area (TPSA) is 86.8 Å². The second-order valence-electron chi connectivity index (χ2n) is 7.42. The summed E-state index contributed by atoms with van der Waals surface area (Å²) in [4.78, 5) is 25.8. The minimum absolute atomic E-state index is 0.0742. The molecule has 1 N–H and O–H groups in total. The number of halogens is 3. The van der Waals surface area contributed by atoms with Gasteiger partial charge in [0.2, 0.25) is 15.9 Å². The number of carbonyl (C=O) groups excluding carboxylic acids is 2. The van der Waals surface area contributed by atoms with Crippen molar-refractivity contribution in [3.8, 4) is 0 Å². The van der Waals surface area contributed by atoms with Crippen LogP contribution in [0.3, 0.4) is 0 Å². The lowest BCUT2D eigenvalue weighted by Crippen LogP contribution is -2.36. The number of amides is 2. The highest BCUT2D eigenvalue weighted by molar-refractivity contribution is 7.89. The normalized spacial score (nSPS) is 14.8. The zero-order valence-electron chi connectivity index (χ0n) is 17.3. The maximum atomic E-state index is 13.7. The molecule has 0 unspecified atom stereocenters. The Hall–Kier alpha value is -2.92. The Labute approximate surface area is 183 Å². The summed E-state index contributed by atoms with van der Waals surface area (Å²) in [5.41, 5.74) is -0.404. The van der Waals surface area contributed by atoms with Crippen molar-refractivity contribution in [2.75, 3.05) is 32.0 Å². The molecule has 1 saturated heterocycles. The third-order valence-electron chi connectivity index (χ3n) is 5.09. The van der Waals surface area contributed by atoms with Gasteiger partial charge in [-0.2, -0.15) is 4.31 Å². The molecule has 3 rings (SSSR count). The van der Waals surface area contributed by atoms with Crippen molar-refractivity contribution < 1.29 is 31.2 Å².